The largest absolute Gasteiger partial charge is 0.478 e. The molecule has 8 nitrogen and oxygen atoms in total. The van der Waals surface area contributed by atoms with Gasteiger partial charge in [-0.3, -0.25) is 4.79 Å². The monoisotopic (exact) mass is 399 g/mol. The average Bonchev–Trinajstić information content (AvgIpc) is 3.47. The van der Waals surface area contributed by atoms with Gasteiger partial charge in [0.1, 0.15) is 0 Å². The predicted octanol–water partition coefficient (Wildman–Crippen LogP) is 2.87. The SMILES string of the molecule is O=C(c1cc2n(n1)CCCO2)N1CCCC(Cc2nc(-c3ccsc3)no2)C1. The maximum absolute atomic E-state index is 12.9. The number of amides is 1. The van der Waals surface area contributed by atoms with Crippen LogP contribution in [0.3, 0.4) is 0 Å². The van der Waals surface area contributed by atoms with Crippen molar-refractivity contribution >= 4 is 17.2 Å². The molecule has 3 aromatic rings. The predicted molar refractivity (Wildman–Crippen MR) is 102 cm³/mol. The van der Waals surface area contributed by atoms with Gasteiger partial charge in [-0.25, -0.2) is 4.68 Å². The van der Waals surface area contributed by atoms with Crippen molar-refractivity contribution in [3.05, 3.63) is 34.5 Å². The number of hydrogen-bond acceptors (Lipinski definition) is 7. The van der Waals surface area contributed by atoms with E-state index in [4.69, 9.17) is 9.26 Å². The van der Waals surface area contributed by atoms with Gasteiger partial charge in [0.15, 0.2) is 5.69 Å². The number of hydrogen-bond donors (Lipinski definition) is 0. The first-order valence-corrected chi connectivity index (χ1v) is 10.6. The Labute approximate surface area is 166 Å². The minimum absolute atomic E-state index is 0.0281. The summed E-state index contributed by atoms with van der Waals surface area (Å²) >= 11 is 1.61. The third-order valence-electron chi connectivity index (χ3n) is 5.24. The van der Waals surface area contributed by atoms with Crippen LogP contribution in [0.1, 0.15) is 35.6 Å². The number of fused-ring (bicyclic) bond motifs is 1. The second kappa shape index (κ2) is 7.38. The molecule has 5 heterocycles. The van der Waals surface area contributed by atoms with E-state index >= 15 is 0 Å². The Balaban J connectivity index is 1.25. The molecule has 3 aromatic heterocycles. The zero-order valence-corrected chi connectivity index (χ0v) is 16.2. The minimum atomic E-state index is -0.0281. The molecule has 5 rings (SSSR count). The lowest BCUT2D eigenvalue weighted by atomic mass is 9.94. The van der Waals surface area contributed by atoms with Gasteiger partial charge in [-0.15, -0.1) is 0 Å². The first-order valence-electron chi connectivity index (χ1n) is 9.61. The number of carbonyl (C=O) groups is 1. The van der Waals surface area contributed by atoms with Gasteiger partial charge in [-0.05, 0) is 30.2 Å². The Hall–Kier alpha value is -2.68. The van der Waals surface area contributed by atoms with E-state index in [0.29, 0.717) is 48.8 Å². The highest BCUT2D eigenvalue weighted by molar-refractivity contribution is 7.08. The van der Waals surface area contributed by atoms with Crippen molar-refractivity contribution in [2.24, 2.45) is 5.92 Å². The number of nitrogens with zero attached hydrogens (tertiary/aromatic N) is 5. The Morgan fingerprint density at radius 1 is 1.32 bits per heavy atom. The molecular formula is C19H21N5O3S. The Bertz CT molecular complexity index is 941. The van der Waals surface area contributed by atoms with Crippen LogP contribution in [0.15, 0.2) is 27.4 Å². The van der Waals surface area contributed by atoms with E-state index in [9.17, 15) is 4.79 Å². The molecular weight excluding hydrogens is 378 g/mol. The molecule has 0 N–H and O–H groups in total. The van der Waals surface area contributed by atoms with Crippen molar-refractivity contribution in [1.82, 2.24) is 24.8 Å². The van der Waals surface area contributed by atoms with E-state index in [2.05, 4.69) is 15.2 Å². The van der Waals surface area contributed by atoms with Crippen LogP contribution < -0.4 is 4.74 Å². The highest BCUT2D eigenvalue weighted by Crippen LogP contribution is 2.25. The van der Waals surface area contributed by atoms with E-state index in [-0.39, 0.29) is 5.91 Å². The van der Waals surface area contributed by atoms with E-state index in [1.54, 1.807) is 22.1 Å². The summed E-state index contributed by atoms with van der Waals surface area (Å²) < 4.78 is 12.8. The van der Waals surface area contributed by atoms with Crippen LogP contribution in [0.4, 0.5) is 0 Å². The summed E-state index contributed by atoms with van der Waals surface area (Å²) in [6.45, 7) is 2.91. The topological polar surface area (TPSA) is 86.3 Å². The number of likely N-dealkylation sites (tertiary alicyclic amines) is 1. The lowest BCUT2D eigenvalue weighted by molar-refractivity contribution is 0.0661. The molecule has 0 radical (unpaired) electrons. The number of aryl methyl sites for hydroxylation is 1. The fourth-order valence-electron chi connectivity index (χ4n) is 3.84. The Morgan fingerprint density at radius 2 is 2.29 bits per heavy atom. The van der Waals surface area contributed by atoms with Crippen LogP contribution in [0.25, 0.3) is 11.4 Å². The molecule has 0 aliphatic carbocycles. The standard InChI is InChI=1S/C19H21N5O3S/c25-19(15-10-17-24(21-15)6-2-7-26-17)23-5-1-3-13(11-23)9-16-20-18(22-27-16)14-4-8-28-12-14/h4,8,10,12-13H,1-3,5-7,9,11H2. The number of thiophene rings is 1. The van der Waals surface area contributed by atoms with Crippen LogP contribution in [-0.2, 0) is 13.0 Å². The first-order chi connectivity index (χ1) is 13.8. The smallest absolute Gasteiger partial charge is 0.274 e. The van der Waals surface area contributed by atoms with Crippen molar-refractivity contribution in [3.63, 3.8) is 0 Å². The minimum Gasteiger partial charge on any atom is -0.478 e. The molecule has 0 saturated carbocycles. The van der Waals surface area contributed by atoms with E-state index in [1.807, 2.05) is 21.7 Å². The Kier molecular flexibility index (Phi) is 4.59. The van der Waals surface area contributed by atoms with E-state index in [0.717, 1.165) is 37.9 Å². The summed E-state index contributed by atoms with van der Waals surface area (Å²) in [7, 11) is 0. The molecule has 2 aliphatic heterocycles. The summed E-state index contributed by atoms with van der Waals surface area (Å²) in [5, 5.41) is 12.5. The van der Waals surface area contributed by atoms with Gasteiger partial charge >= 0.3 is 0 Å². The van der Waals surface area contributed by atoms with Gasteiger partial charge in [0.05, 0.1) is 6.61 Å². The van der Waals surface area contributed by atoms with Crippen LogP contribution in [0.2, 0.25) is 0 Å². The number of piperidine rings is 1. The first kappa shape index (κ1) is 17.4. The molecule has 0 spiro atoms. The van der Waals surface area contributed by atoms with Crippen molar-refractivity contribution in [2.75, 3.05) is 19.7 Å². The molecule has 146 valence electrons. The number of ether oxygens (including phenoxy) is 1. The molecule has 1 unspecified atom stereocenters. The highest BCUT2D eigenvalue weighted by Gasteiger charge is 2.28. The van der Waals surface area contributed by atoms with Gasteiger partial charge in [-0.1, -0.05) is 5.16 Å². The van der Waals surface area contributed by atoms with Crippen molar-refractivity contribution in [1.29, 1.82) is 0 Å². The number of carbonyl (C=O) groups excluding carboxylic acids is 1. The average molecular weight is 399 g/mol. The molecule has 1 fully saturated rings. The molecule has 28 heavy (non-hydrogen) atoms. The summed E-state index contributed by atoms with van der Waals surface area (Å²) in [5.74, 6) is 2.23. The quantitative estimate of drug-likeness (QED) is 0.671. The van der Waals surface area contributed by atoms with E-state index in [1.165, 1.54) is 0 Å². The lowest BCUT2D eigenvalue weighted by Crippen LogP contribution is -2.40. The summed E-state index contributed by atoms with van der Waals surface area (Å²) in [4.78, 5) is 19.3. The van der Waals surface area contributed by atoms with Gasteiger partial charge < -0.3 is 14.2 Å². The van der Waals surface area contributed by atoms with Crippen molar-refractivity contribution < 1.29 is 14.1 Å². The van der Waals surface area contributed by atoms with Crippen molar-refractivity contribution in [3.8, 4) is 17.3 Å². The second-order valence-electron chi connectivity index (χ2n) is 7.28. The van der Waals surface area contributed by atoms with E-state index < -0.39 is 0 Å². The number of aromatic nitrogens is 4. The van der Waals surface area contributed by atoms with Gasteiger partial charge in [0, 0.05) is 49.5 Å². The molecule has 1 saturated heterocycles. The molecule has 0 bridgehead atoms. The second-order valence-corrected chi connectivity index (χ2v) is 8.06. The fourth-order valence-corrected chi connectivity index (χ4v) is 4.48. The maximum Gasteiger partial charge on any atom is 0.274 e. The Morgan fingerprint density at radius 3 is 3.14 bits per heavy atom. The number of rotatable bonds is 4. The van der Waals surface area contributed by atoms with Crippen LogP contribution in [0.5, 0.6) is 5.88 Å². The third-order valence-corrected chi connectivity index (χ3v) is 5.93. The molecule has 1 atom stereocenters. The summed E-state index contributed by atoms with van der Waals surface area (Å²) in [6.07, 6.45) is 3.62. The van der Waals surface area contributed by atoms with Gasteiger partial charge in [-0.2, -0.15) is 21.4 Å². The molecule has 0 aromatic carbocycles. The third kappa shape index (κ3) is 3.42. The maximum atomic E-state index is 12.9. The van der Waals surface area contributed by atoms with Crippen LogP contribution >= 0.6 is 11.3 Å². The lowest BCUT2D eigenvalue weighted by Gasteiger charge is -2.31. The molecule has 1 amide bonds. The molecule has 9 heteroatoms. The van der Waals surface area contributed by atoms with Crippen LogP contribution in [-0.4, -0.2) is 50.4 Å². The molecule has 2 aliphatic rings. The van der Waals surface area contributed by atoms with Crippen molar-refractivity contribution in [2.45, 2.75) is 32.2 Å². The van der Waals surface area contributed by atoms with Crippen LogP contribution in [0, 0.1) is 5.92 Å². The zero-order chi connectivity index (χ0) is 18.9. The van der Waals surface area contributed by atoms with Gasteiger partial charge in [0.25, 0.3) is 5.91 Å². The fraction of sp³-hybridized carbons (Fsp3) is 0.474. The highest BCUT2D eigenvalue weighted by atomic mass is 32.1. The van der Waals surface area contributed by atoms with Gasteiger partial charge in [0.2, 0.25) is 17.6 Å². The summed E-state index contributed by atoms with van der Waals surface area (Å²) in [5.41, 5.74) is 1.45. The summed E-state index contributed by atoms with van der Waals surface area (Å²) in [6, 6.07) is 3.74. The zero-order valence-electron chi connectivity index (χ0n) is 15.4. The normalized spacial score (nSPS) is 19.3.